The number of alkyl halides is 6. The van der Waals surface area contributed by atoms with E-state index in [2.05, 4.69) is 15.2 Å². The summed E-state index contributed by atoms with van der Waals surface area (Å²) in [5.74, 6) is -1.01. The largest absolute Gasteiger partial charge is 0.507 e. The highest BCUT2D eigenvalue weighted by Gasteiger charge is 2.32. The molecule has 3 aromatic carbocycles. The van der Waals surface area contributed by atoms with Gasteiger partial charge >= 0.3 is 12.4 Å². The number of halogens is 6. The highest BCUT2D eigenvalue weighted by atomic mass is 19.4. The average molecular weight is 728 g/mol. The van der Waals surface area contributed by atoms with Crippen LogP contribution in [0.4, 0.5) is 32.0 Å². The molecule has 5 aromatic rings. The third-order valence-corrected chi connectivity index (χ3v) is 8.41. The van der Waals surface area contributed by atoms with E-state index >= 15 is 0 Å². The summed E-state index contributed by atoms with van der Waals surface area (Å²) in [7, 11) is 1.78. The molecule has 3 heterocycles. The van der Waals surface area contributed by atoms with Crippen LogP contribution in [0.1, 0.15) is 32.0 Å². The van der Waals surface area contributed by atoms with Gasteiger partial charge in [-0.2, -0.15) is 26.3 Å². The Kier molecular flexibility index (Phi) is 10.0. The summed E-state index contributed by atoms with van der Waals surface area (Å²) in [4.78, 5) is 34.2. The van der Waals surface area contributed by atoms with Crippen molar-refractivity contribution in [2.24, 2.45) is 7.05 Å². The quantitative estimate of drug-likeness (QED) is 0.154. The van der Waals surface area contributed by atoms with E-state index in [4.69, 9.17) is 9.47 Å². The number of carbonyl (C=O) groups excluding carboxylic acids is 2. The van der Waals surface area contributed by atoms with Crippen LogP contribution in [0, 0.1) is 0 Å². The molecule has 52 heavy (non-hydrogen) atoms. The maximum atomic E-state index is 13.5. The Bertz CT molecular complexity index is 2070. The first kappa shape index (κ1) is 36.0. The van der Waals surface area contributed by atoms with Crippen molar-refractivity contribution < 1.29 is 50.5 Å². The normalized spacial score (nSPS) is 14.0. The number of amides is 2. The highest BCUT2D eigenvalue weighted by molar-refractivity contribution is 6.06. The molecule has 1 saturated heterocycles. The van der Waals surface area contributed by atoms with Crippen molar-refractivity contribution in [2.45, 2.75) is 18.9 Å². The molecule has 16 heteroatoms. The predicted octanol–water partition coefficient (Wildman–Crippen LogP) is 7.24. The van der Waals surface area contributed by atoms with Gasteiger partial charge in [0.05, 0.1) is 28.5 Å². The molecule has 1 aliphatic heterocycles. The number of hydrogen-bond acceptors (Lipinski definition) is 7. The van der Waals surface area contributed by atoms with Crippen LogP contribution in [0.5, 0.6) is 23.1 Å². The first-order valence-electron chi connectivity index (χ1n) is 15.9. The van der Waals surface area contributed by atoms with Gasteiger partial charge in [-0.15, -0.1) is 0 Å². The van der Waals surface area contributed by atoms with Gasteiger partial charge in [0.25, 0.3) is 11.8 Å². The lowest BCUT2D eigenvalue weighted by Crippen LogP contribution is -2.48. The number of pyridine rings is 1. The number of fused-ring (bicyclic) bond motifs is 1. The van der Waals surface area contributed by atoms with E-state index in [1.54, 1.807) is 46.8 Å². The molecule has 0 aliphatic carbocycles. The van der Waals surface area contributed by atoms with Crippen LogP contribution < -0.4 is 14.8 Å². The second-order valence-electron chi connectivity index (χ2n) is 12.1. The first-order valence-corrected chi connectivity index (χ1v) is 15.9. The van der Waals surface area contributed by atoms with E-state index in [9.17, 15) is 41.0 Å². The lowest BCUT2D eigenvalue weighted by molar-refractivity contribution is -0.153. The van der Waals surface area contributed by atoms with Crippen molar-refractivity contribution in [3.05, 3.63) is 107 Å². The first-order chi connectivity index (χ1) is 24.6. The lowest BCUT2D eigenvalue weighted by Gasteiger charge is -2.34. The van der Waals surface area contributed by atoms with Gasteiger partial charge in [-0.25, -0.2) is 4.98 Å². The number of rotatable bonds is 9. The van der Waals surface area contributed by atoms with Gasteiger partial charge in [0.15, 0.2) is 6.61 Å². The van der Waals surface area contributed by atoms with Gasteiger partial charge in [0.2, 0.25) is 5.88 Å². The molecule has 0 spiro atoms. The van der Waals surface area contributed by atoms with Crippen LogP contribution in [0.3, 0.4) is 0 Å². The number of nitrogens with zero attached hydrogens (tertiary/aromatic N) is 4. The van der Waals surface area contributed by atoms with Gasteiger partial charge < -0.3 is 29.4 Å². The molecule has 2 aromatic heterocycles. The van der Waals surface area contributed by atoms with Gasteiger partial charge in [-0.3, -0.25) is 14.5 Å². The van der Waals surface area contributed by atoms with E-state index < -0.39 is 36.2 Å². The summed E-state index contributed by atoms with van der Waals surface area (Å²) in [6.45, 7) is 1.46. The second kappa shape index (κ2) is 14.5. The monoisotopic (exact) mass is 727 g/mol. The van der Waals surface area contributed by atoms with E-state index in [1.165, 1.54) is 30.5 Å². The Morgan fingerprint density at radius 3 is 2.21 bits per heavy atom. The number of aryl methyl sites for hydroxylation is 1. The maximum absolute atomic E-state index is 13.5. The molecule has 2 amide bonds. The SMILES string of the molecule is Cn1c(C(=O)N2CCN(Cc3ccc(OCC(F)(F)F)cc3)CC2)cc2ccc(Oc3ccc(NC(=O)c4ccc(C(F)(F)F)cc4O)cn3)cc21. The van der Waals surface area contributed by atoms with Gasteiger partial charge in [0.1, 0.15) is 22.9 Å². The van der Waals surface area contributed by atoms with Crippen LogP contribution in [0.25, 0.3) is 10.9 Å². The van der Waals surface area contributed by atoms with Gasteiger partial charge in [-0.05, 0) is 60.2 Å². The number of aromatic nitrogens is 2. The number of ether oxygens (including phenoxy) is 2. The molecule has 1 fully saturated rings. The second-order valence-corrected chi connectivity index (χ2v) is 12.1. The molecule has 0 radical (unpaired) electrons. The fraction of sp³-hybridized carbons (Fsp3) is 0.250. The van der Waals surface area contributed by atoms with Crippen LogP contribution >= 0.6 is 0 Å². The number of carbonyl (C=O) groups is 2. The number of phenols is 1. The molecule has 2 N–H and O–H groups in total. The lowest BCUT2D eigenvalue weighted by atomic mass is 10.1. The molecule has 1 aliphatic rings. The fourth-order valence-electron chi connectivity index (χ4n) is 5.70. The Morgan fingerprint density at radius 1 is 0.865 bits per heavy atom. The number of nitrogens with one attached hydrogen (secondary N) is 1. The van der Waals surface area contributed by atoms with Crippen LogP contribution in [0.15, 0.2) is 85.1 Å². The molecule has 0 bridgehead atoms. The van der Waals surface area contributed by atoms with Crippen molar-refractivity contribution in [1.82, 2.24) is 19.4 Å². The van der Waals surface area contributed by atoms with Crippen molar-refractivity contribution in [1.29, 1.82) is 0 Å². The molecule has 6 rings (SSSR count). The summed E-state index contributed by atoms with van der Waals surface area (Å²) in [6, 6.07) is 18.6. The molecule has 272 valence electrons. The Labute approximate surface area is 292 Å². The Hall–Kier alpha value is -5.77. The topological polar surface area (TPSA) is 109 Å². The number of hydrogen-bond donors (Lipinski definition) is 2. The zero-order valence-corrected chi connectivity index (χ0v) is 27.5. The van der Waals surface area contributed by atoms with Crippen molar-refractivity contribution in [3.8, 4) is 23.1 Å². The zero-order chi connectivity index (χ0) is 37.2. The number of anilines is 1. The number of phenolic OH excluding ortho intramolecular Hbond substituents is 1. The fourth-order valence-corrected chi connectivity index (χ4v) is 5.70. The van der Waals surface area contributed by atoms with E-state index in [1.807, 2.05) is 6.07 Å². The summed E-state index contributed by atoms with van der Waals surface area (Å²) in [5.41, 5.74) is 0.939. The summed E-state index contributed by atoms with van der Waals surface area (Å²) in [5, 5.41) is 13.2. The molecule has 10 nitrogen and oxygen atoms in total. The van der Waals surface area contributed by atoms with Crippen molar-refractivity contribution >= 4 is 28.4 Å². The minimum Gasteiger partial charge on any atom is -0.507 e. The molecule has 0 saturated carbocycles. The standard InChI is InChI=1S/C36H31F6N5O5/c1-45-29-18-27(52-32-11-6-25(19-43-32)44-33(49)28-10-5-24(17-31(28)48)36(40,41)42)9-4-23(29)16-30(45)34(50)47-14-12-46(13-15-47)20-22-2-7-26(8-3-22)51-21-35(37,38)39/h2-11,16-19,48H,12-15,20-21H2,1H3,(H,44,49). The van der Waals surface area contributed by atoms with Crippen LogP contribution in [-0.2, 0) is 19.8 Å². The molecular formula is C36H31F6N5O5. The van der Waals surface area contributed by atoms with Gasteiger partial charge in [-0.1, -0.05) is 12.1 Å². The van der Waals surface area contributed by atoms with E-state index in [-0.39, 0.29) is 28.8 Å². The molecule has 0 unspecified atom stereocenters. The zero-order valence-electron chi connectivity index (χ0n) is 27.5. The molecular weight excluding hydrogens is 696 g/mol. The third-order valence-electron chi connectivity index (χ3n) is 8.41. The summed E-state index contributed by atoms with van der Waals surface area (Å²) in [6.07, 6.45) is -7.78. The smallest absolute Gasteiger partial charge is 0.422 e. The predicted molar refractivity (Wildman–Crippen MR) is 177 cm³/mol. The molecule has 0 atom stereocenters. The van der Waals surface area contributed by atoms with Crippen molar-refractivity contribution in [3.63, 3.8) is 0 Å². The number of benzene rings is 3. The van der Waals surface area contributed by atoms with E-state index in [0.29, 0.717) is 56.3 Å². The number of piperazine rings is 1. The Morgan fingerprint density at radius 2 is 1.58 bits per heavy atom. The average Bonchev–Trinajstić information content (AvgIpc) is 3.43. The minimum atomic E-state index is -4.67. The Balaban J connectivity index is 1.03. The van der Waals surface area contributed by atoms with Crippen LogP contribution in [0.2, 0.25) is 0 Å². The van der Waals surface area contributed by atoms with E-state index in [0.717, 1.165) is 22.5 Å². The minimum absolute atomic E-state index is 0.129. The van der Waals surface area contributed by atoms with Crippen molar-refractivity contribution in [2.75, 3.05) is 38.1 Å². The number of aromatic hydroxyl groups is 1. The highest BCUT2D eigenvalue weighted by Crippen LogP contribution is 2.33. The van der Waals surface area contributed by atoms with Crippen LogP contribution in [-0.4, -0.2) is 75.2 Å². The third kappa shape index (κ3) is 8.57. The summed E-state index contributed by atoms with van der Waals surface area (Å²) < 4.78 is 88.3. The van der Waals surface area contributed by atoms with Gasteiger partial charge in [0, 0.05) is 57.3 Å². The maximum Gasteiger partial charge on any atom is 0.422 e. The summed E-state index contributed by atoms with van der Waals surface area (Å²) >= 11 is 0.